The average Bonchev–Trinajstić information content (AvgIpc) is 3.35. The minimum absolute atomic E-state index is 0.0463. The molecule has 1 rings (SSSR count). The Morgan fingerprint density at radius 1 is 0.479 bits per heavy atom. The first-order valence-electron chi connectivity index (χ1n) is 28.6. The van der Waals surface area contributed by atoms with Gasteiger partial charge in [0.2, 0.25) is 0 Å². The Bertz CT molecular complexity index is 1420. The summed E-state index contributed by atoms with van der Waals surface area (Å²) in [6.45, 7) is 5.86. The van der Waals surface area contributed by atoms with Gasteiger partial charge in [-0.3, -0.25) is 14.4 Å². The highest BCUT2D eigenvalue weighted by Gasteiger charge is 2.50. The highest BCUT2D eigenvalue weighted by molar-refractivity contribution is 5.74. The van der Waals surface area contributed by atoms with E-state index < -0.39 is 67.3 Å². The molecular weight excluding hydrogens is 901 g/mol. The Morgan fingerprint density at radius 3 is 1.35 bits per heavy atom. The van der Waals surface area contributed by atoms with E-state index in [0.717, 1.165) is 103 Å². The summed E-state index contributed by atoms with van der Waals surface area (Å²) in [5, 5.41) is 31.4. The molecule has 0 aromatic carbocycles. The largest absolute Gasteiger partial charge is 0.479 e. The number of unbranched alkanes of at least 4 members (excludes halogenated alkanes) is 26. The van der Waals surface area contributed by atoms with Gasteiger partial charge in [0.25, 0.3) is 0 Å². The summed E-state index contributed by atoms with van der Waals surface area (Å²) < 4.78 is 28.4. The molecule has 410 valence electrons. The lowest BCUT2D eigenvalue weighted by atomic mass is 9.98. The molecule has 71 heavy (non-hydrogen) atoms. The second-order valence-electron chi connectivity index (χ2n) is 19.6. The molecule has 0 spiro atoms. The van der Waals surface area contributed by atoms with E-state index in [4.69, 9.17) is 23.7 Å². The van der Waals surface area contributed by atoms with E-state index in [1.807, 2.05) is 0 Å². The Morgan fingerprint density at radius 2 is 0.887 bits per heavy atom. The Kier molecular flexibility index (Phi) is 44.1. The van der Waals surface area contributed by atoms with Crippen LogP contribution in [0.25, 0.3) is 0 Å². The maximum atomic E-state index is 13.1. The summed E-state index contributed by atoms with van der Waals surface area (Å²) in [4.78, 5) is 50.9. The Hall–Kier alpha value is -3.32. The zero-order chi connectivity index (χ0) is 51.8. The zero-order valence-electron chi connectivity index (χ0n) is 45.0. The summed E-state index contributed by atoms with van der Waals surface area (Å²) in [5.41, 5.74) is 0. The summed E-state index contributed by atoms with van der Waals surface area (Å²) >= 11 is 0. The van der Waals surface area contributed by atoms with Gasteiger partial charge in [0, 0.05) is 19.3 Å². The van der Waals surface area contributed by atoms with Crippen molar-refractivity contribution in [3.8, 4) is 0 Å². The fraction of sp³-hybridized carbons (Fsp3) is 0.797. The maximum Gasteiger partial charge on any atom is 0.335 e. The fourth-order valence-electron chi connectivity index (χ4n) is 8.54. The van der Waals surface area contributed by atoms with Crippen LogP contribution in [0.3, 0.4) is 0 Å². The molecule has 0 bridgehead atoms. The number of aliphatic hydroxyl groups is 2. The van der Waals surface area contributed by atoms with Crippen molar-refractivity contribution in [3.05, 3.63) is 48.6 Å². The third kappa shape index (κ3) is 38.0. The molecule has 1 aliphatic heterocycles. The predicted molar refractivity (Wildman–Crippen MR) is 285 cm³/mol. The molecule has 1 fully saturated rings. The second-order valence-corrected chi connectivity index (χ2v) is 19.6. The number of carbonyl (C=O) groups excluding carboxylic acids is 3. The fourth-order valence-corrected chi connectivity index (χ4v) is 8.54. The van der Waals surface area contributed by atoms with Gasteiger partial charge in [-0.2, -0.15) is 0 Å². The van der Waals surface area contributed by atoms with Crippen molar-refractivity contribution in [1.82, 2.24) is 0 Å². The molecule has 1 saturated heterocycles. The predicted octanol–water partition coefficient (Wildman–Crippen LogP) is 14.2. The standard InChI is InChI=1S/C59H102O12/c1-4-7-10-13-16-19-22-23-24-25-26-27-28-29-32-35-38-41-44-47-53(62)70-57-55(64)54(63)56(58(65)66)71-59(57)68-49-50(69-52(61)46-43-40-37-34-31-21-18-15-12-9-6-3)48-67-51(60)45-42-39-36-33-30-20-17-14-11-8-5-2/h7,10,16,19,23-24,26-27,50,54-57,59,63-64H,4-6,8-9,11-15,17-18,20-22,25,28-49H2,1-3H3,(H,65,66)/b10-7-,19-16-,24-23-,27-26-. The van der Waals surface area contributed by atoms with Crippen molar-refractivity contribution in [3.63, 3.8) is 0 Å². The molecular formula is C59H102O12. The number of hydrogen-bond acceptors (Lipinski definition) is 11. The first-order valence-corrected chi connectivity index (χ1v) is 28.6. The Balaban J connectivity index is 2.67. The number of allylic oxidation sites excluding steroid dienone is 8. The highest BCUT2D eigenvalue weighted by atomic mass is 16.7. The number of esters is 3. The summed E-state index contributed by atoms with van der Waals surface area (Å²) in [6, 6.07) is 0. The average molecular weight is 1000 g/mol. The minimum Gasteiger partial charge on any atom is -0.479 e. The third-order valence-electron chi connectivity index (χ3n) is 12.9. The molecule has 6 atom stereocenters. The van der Waals surface area contributed by atoms with Crippen molar-refractivity contribution in [2.45, 2.75) is 289 Å². The van der Waals surface area contributed by atoms with Crippen LogP contribution < -0.4 is 0 Å². The maximum absolute atomic E-state index is 13.1. The molecule has 0 aromatic rings. The minimum atomic E-state index is -1.90. The first kappa shape index (κ1) is 65.7. The van der Waals surface area contributed by atoms with Crippen molar-refractivity contribution >= 4 is 23.9 Å². The number of carbonyl (C=O) groups is 4. The van der Waals surface area contributed by atoms with Crippen LogP contribution in [0.2, 0.25) is 0 Å². The van der Waals surface area contributed by atoms with Crippen LogP contribution in [0.4, 0.5) is 0 Å². The van der Waals surface area contributed by atoms with Crippen LogP contribution >= 0.6 is 0 Å². The van der Waals surface area contributed by atoms with Crippen LogP contribution in [-0.4, -0.2) is 89.2 Å². The van der Waals surface area contributed by atoms with E-state index >= 15 is 0 Å². The lowest BCUT2D eigenvalue weighted by Crippen LogP contribution is -2.61. The smallest absolute Gasteiger partial charge is 0.335 e. The van der Waals surface area contributed by atoms with Crippen LogP contribution in [0.15, 0.2) is 48.6 Å². The van der Waals surface area contributed by atoms with Gasteiger partial charge in [-0.15, -0.1) is 0 Å². The van der Waals surface area contributed by atoms with Gasteiger partial charge in [0.05, 0.1) is 6.61 Å². The van der Waals surface area contributed by atoms with E-state index in [1.54, 1.807) is 0 Å². The lowest BCUT2D eigenvalue weighted by molar-refractivity contribution is -0.301. The van der Waals surface area contributed by atoms with Crippen LogP contribution in [0.5, 0.6) is 0 Å². The number of aliphatic hydroxyl groups excluding tert-OH is 2. The monoisotopic (exact) mass is 1000 g/mol. The second kappa shape index (κ2) is 47.7. The van der Waals surface area contributed by atoms with Gasteiger partial charge in [-0.25, -0.2) is 4.79 Å². The van der Waals surface area contributed by atoms with E-state index in [2.05, 4.69) is 69.4 Å². The molecule has 3 N–H and O–H groups in total. The van der Waals surface area contributed by atoms with Crippen molar-refractivity contribution in [1.29, 1.82) is 0 Å². The SMILES string of the molecule is CC/C=C\C/C=C\C/C=C\C/C=C\CCCCCCCCC(=O)OC1C(OCC(COC(=O)CCCCCCCCCCCCC)OC(=O)CCCCCCCCCCCCC)OC(C(=O)O)C(O)C1O. The molecule has 0 amide bonds. The number of ether oxygens (including phenoxy) is 5. The van der Waals surface area contributed by atoms with Gasteiger partial charge in [0.1, 0.15) is 18.8 Å². The van der Waals surface area contributed by atoms with Crippen LogP contribution in [0, 0.1) is 0 Å². The number of hydrogen-bond donors (Lipinski definition) is 3. The summed E-state index contributed by atoms with van der Waals surface area (Å²) in [7, 11) is 0. The number of rotatable bonds is 48. The van der Waals surface area contributed by atoms with Crippen LogP contribution in [0.1, 0.15) is 252 Å². The Labute approximate surface area is 431 Å². The quantitative estimate of drug-likeness (QED) is 0.0228. The molecule has 0 aliphatic carbocycles. The molecule has 0 radical (unpaired) electrons. The van der Waals surface area contributed by atoms with E-state index in [0.29, 0.717) is 19.3 Å². The molecule has 6 unspecified atom stereocenters. The zero-order valence-corrected chi connectivity index (χ0v) is 45.0. The lowest BCUT2D eigenvalue weighted by Gasteiger charge is -2.40. The van der Waals surface area contributed by atoms with E-state index in [1.165, 1.54) is 89.9 Å². The van der Waals surface area contributed by atoms with E-state index in [9.17, 15) is 34.5 Å². The van der Waals surface area contributed by atoms with Crippen molar-refractivity contribution < 1.29 is 58.2 Å². The normalized spacial score (nSPS) is 18.8. The molecule has 12 heteroatoms. The molecule has 0 saturated carbocycles. The summed E-state index contributed by atoms with van der Waals surface area (Å²) in [5.74, 6) is -3.12. The van der Waals surface area contributed by atoms with Crippen molar-refractivity contribution in [2.75, 3.05) is 13.2 Å². The molecule has 1 heterocycles. The molecule has 0 aromatic heterocycles. The van der Waals surface area contributed by atoms with Crippen molar-refractivity contribution in [2.24, 2.45) is 0 Å². The molecule has 12 nitrogen and oxygen atoms in total. The van der Waals surface area contributed by atoms with Gasteiger partial charge >= 0.3 is 23.9 Å². The number of carboxylic acid groups (broad SMARTS) is 1. The third-order valence-corrected chi connectivity index (χ3v) is 12.9. The topological polar surface area (TPSA) is 175 Å². The van der Waals surface area contributed by atoms with Crippen LogP contribution in [-0.2, 0) is 42.9 Å². The van der Waals surface area contributed by atoms with Gasteiger partial charge in [-0.05, 0) is 57.8 Å². The summed E-state index contributed by atoms with van der Waals surface area (Å²) in [6.07, 6.45) is 43.7. The van der Waals surface area contributed by atoms with Gasteiger partial charge in [0.15, 0.2) is 24.6 Å². The number of carboxylic acids is 1. The first-order chi connectivity index (χ1) is 34.6. The number of aliphatic carboxylic acids is 1. The van der Waals surface area contributed by atoms with Gasteiger partial charge in [-0.1, -0.05) is 223 Å². The van der Waals surface area contributed by atoms with Gasteiger partial charge < -0.3 is 39.0 Å². The highest BCUT2D eigenvalue weighted by Crippen LogP contribution is 2.26. The molecule has 1 aliphatic rings. The van der Waals surface area contributed by atoms with E-state index in [-0.39, 0.29) is 25.9 Å².